The Bertz CT molecular complexity index is 441. The molecule has 1 aromatic carbocycles. The van der Waals surface area contributed by atoms with Crippen LogP contribution in [0.25, 0.3) is 0 Å². The highest BCUT2D eigenvalue weighted by Crippen LogP contribution is 2.22. The van der Waals surface area contributed by atoms with Gasteiger partial charge in [0.15, 0.2) is 0 Å². The minimum absolute atomic E-state index is 0.205. The predicted molar refractivity (Wildman–Crippen MR) is 58.5 cm³/mol. The van der Waals surface area contributed by atoms with Crippen molar-refractivity contribution in [1.29, 1.82) is 0 Å². The van der Waals surface area contributed by atoms with Crippen LogP contribution in [0.3, 0.4) is 0 Å². The molecule has 2 rings (SSSR count). The molecular formula is C11H10ClNO3. The van der Waals surface area contributed by atoms with Crippen LogP contribution in [0.4, 0.5) is 0 Å². The van der Waals surface area contributed by atoms with Gasteiger partial charge in [0.2, 0.25) is 0 Å². The molecule has 1 aliphatic rings. The Kier molecular flexibility index (Phi) is 2.83. The second-order valence-electron chi connectivity index (χ2n) is 3.73. The van der Waals surface area contributed by atoms with Gasteiger partial charge < -0.3 is 10.0 Å². The van der Waals surface area contributed by atoms with Gasteiger partial charge in [-0.25, -0.2) is 0 Å². The van der Waals surface area contributed by atoms with Gasteiger partial charge in [-0.3, -0.25) is 9.59 Å². The molecule has 1 fully saturated rings. The standard InChI is InChI=1S/C11H10ClNO3/c12-9-4-2-1-3-8(9)10(14)13-5-7(6-13)11(15)16/h1-4,7H,5-6H2,(H,15,16). The van der Waals surface area contributed by atoms with Crippen LogP contribution >= 0.6 is 11.6 Å². The lowest BCUT2D eigenvalue weighted by atomic mass is 9.99. The maximum atomic E-state index is 11.9. The molecule has 0 spiro atoms. The topological polar surface area (TPSA) is 57.6 Å². The second-order valence-corrected chi connectivity index (χ2v) is 4.13. The van der Waals surface area contributed by atoms with Crippen molar-refractivity contribution in [3.63, 3.8) is 0 Å². The molecule has 0 atom stereocenters. The van der Waals surface area contributed by atoms with Gasteiger partial charge in [-0.1, -0.05) is 23.7 Å². The average molecular weight is 240 g/mol. The Labute approximate surface area is 97.4 Å². The van der Waals surface area contributed by atoms with Crippen LogP contribution < -0.4 is 0 Å². The quantitative estimate of drug-likeness (QED) is 0.851. The fraction of sp³-hybridized carbons (Fsp3) is 0.273. The number of amides is 1. The van der Waals surface area contributed by atoms with Crippen molar-refractivity contribution >= 4 is 23.5 Å². The summed E-state index contributed by atoms with van der Waals surface area (Å²) in [7, 11) is 0. The fourth-order valence-corrected chi connectivity index (χ4v) is 1.82. The molecule has 1 saturated heterocycles. The number of benzene rings is 1. The lowest BCUT2D eigenvalue weighted by molar-refractivity contribution is -0.146. The van der Waals surface area contributed by atoms with E-state index in [9.17, 15) is 9.59 Å². The molecule has 0 unspecified atom stereocenters. The van der Waals surface area contributed by atoms with Crippen molar-refractivity contribution in [3.8, 4) is 0 Å². The second kappa shape index (κ2) is 4.14. The van der Waals surface area contributed by atoms with Crippen molar-refractivity contribution in [1.82, 2.24) is 4.90 Å². The third-order valence-corrected chi connectivity index (χ3v) is 2.95. The maximum absolute atomic E-state index is 11.9. The molecule has 84 valence electrons. The van der Waals surface area contributed by atoms with E-state index in [1.807, 2.05) is 0 Å². The van der Waals surface area contributed by atoms with E-state index in [-0.39, 0.29) is 19.0 Å². The molecule has 0 aliphatic carbocycles. The summed E-state index contributed by atoms with van der Waals surface area (Å²) in [5.41, 5.74) is 0.424. The SMILES string of the molecule is O=C(O)C1CN(C(=O)c2ccccc2Cl)C1. The molecule has 0 saturated carbocycles. The van der Waals surface area contributed by atoms with E-state index in [1.165, 1.54) is 4.90 Å². The number of carbonyl (C=O) groups excluding carboxylic acids is 1. The van der Waals surface area contributed by atoms with Crippen LogP contribution in [0.2, 0.25) is 5.02 Å². The Morgan fingerprint density at radius 1 is 1.31 bits per heavy atom. The lowest BCUT2D eigenvalue weighted by Crippen LogP contribution is -2.53. The summed E-state index contributed by atoms with van der Waals surface area (Å²) in [6.07, 6.45) is 0. The summed E-state index contributed by atoms with van der Waals surface area (Å²) in [5, 5.41) is 9.09. The number of carboxylic acids is 1. The Morgan fingerprint density at radius 2 is 1.94 bits per heavy atom. The first-order valence-corrected chi connectivity index (χ1v) is 5.24. The van der Waals surface area contributed by atoms with Gasteiger partial charge in [0.1, 0.15) is 0 Å². The predicted octanol–water partition coefficient (Wildman–Crippen LogP) is 1.50. The number of hydrogen-bond donors (Lipinski definition) is 1. The summed E-state index contributed by atoms with van der Waals surface area (Å²) < 4.78 is 0. The molecule has 1 aliphatic heterocycles. The van der Waals surface area contributed by atoms with Gasteiger partial charge in [0, 0.05) is 13.1 Å². The van der Waals surface area contributed by atoms with E-state index in [0.29, 0.717) is 10.6 Å². The zero-order valence-electron chi connectivity index (χ0n) is 8.39. The van der Waals surface area contributed by atoms with E-state index in [2.05, 4.69) is 0 Å². The molecule has 0 radical (unpaired) electrons. The highest BCUT2D eigenvalue weighted by atomic mass is 35.5. The van der Waals surface area contributed by atoms with Gasteiger partial charge in [0.05, 0.1) is 16.5 Å². The molecule has 5 heteroatoms. The molecular weight excluding hydrogens is 230 g/mol. The molecule has 1 heterocycles. The summed E-state index contributed by atoms with van der Waals surface area (Å²) in [6, 6.07) is 6.75. The first kappa shape index (κ1) is 11.0. The third kappa shape index (κ3) is 1.88. The van der Waals surface area contributed by atoms with Crippen molar-refractivity contribution in [2.24, 2.45) is 5.92 Å². The van der Waals surface area contributed by atoms with Gasteiger partial charge >= 0.3 is 5.97 Å². The Balaban J connectivity index is 2.06. The lowest BCUT2D eigenvalue weighted by Gasteiger charge is -2.36. The minimum Gasteiger partial charge on any atom is -0.481 e. The van der Waals surface area contributed by atoms with Crippen LogP contribution in [0.1, 0.15) is 10.4 Å². The number of aliphatic carboxylic acids is 1. The highest BCUT2D eigenvalue weighted by Gasteiger charge is 2.36. The summed E-state index contributed by atoms with van der Waals surface area (Å²) in [4.78, 5) is 23.9. The largest absolute Gasteiger partial charge is 0.481 e. The average Bonchev–Trinajstić information content (AvgIpc) is 2.15. The zero-order chi connectivity index (χ0) is 11.7. The smallest absolute Gasteiger partial charge is 0.310 e. The van der Waals surface area contributed by atoms with E-state index in [0.717, 1.165) is 0 Å². The van der Waals surface area contributed by atoms with E-state index in [4.69, 9.17) is 16.7 Å². The van der Waals surface area contributed by atoms with Crippen molar-refractivity contribution in [2.45, 2.75) is 0 Å². The summed E-state index contributed by atoms with van der Waals surface area (Å²) in [5.74, 6) is -1.50. The van der Waals surface area contributed by atoms with E-state index in [1.54, 1.807) is 24.3 Å². The monoisotopic (exact) mass is 239 g/mol. The fourth-order valence-electron chi connectivity index (χ4n) is 1.61. The van der Waals surface area contributed by atoms with Crippen LogP contribution in [-0.4, -0.2) is 35.0 Å². The van der Waals surface area contributed by atoms with Crippen LogP contribution in [0, 0.1) is 5.92 Å². The molecule has 0 aromatic heterocycles. The first-order valence-electron chi connectivity index (χ1n) is 4.86. The normalized spacial score (nSPS) is 15.7. The van der Waals surface area contributed by atoms with Crippen molar-refractivity contribution < 1.29 is 14.7 Å². The van der Waals surface area contributed by atoms with Gasteiger partial charge in [-0.05, 0) is 12.1 Å². The van der Waals surface area contributed by atoms with Gasteiger partial charge in [-0.15, -0.1) is 0 Å². The van der Waals surface area contributed by atoms with Gasteiger partial charge in [-0.2, -0.15) is 0 Å². The zero-order valence-corrected chi connectivity index (χ0v) is 9.15. The minimum atomic E-state index is -0.858. The molecule has 1 amide bonds. The Morgan fingerprint density at radius 3 is 2.50 bits per heavy atom. The Hall–Kier alpha value is -1.55. The van der Waals surface area contributed by atoms with Crippen molar-refractivity contribution in [3.05, 3.63) is 34.9 Å². The molecule has 0 bridgehead atoms. The highest BCUT2D eigenvalue weighted by molar-refractivity contribution is 6.33. The number of carboxylic acid groups (broad SMARTS) is 1. The van der Waals surface area contributed by atoms with Crippen LogP contribution in [0.5, 0.6) is 0 Å². The van der Waals surface area contributed by atoms with Crippen LogP contribution in [-0.2, 0) is 4.79 Å². The number of carbonyl (C=O) groups is 2. The molecule has 1 aromatic rings. The number of halogens is 1. The number of hydrogen-bond acceptors (Lipinski definition) is 2. The molecule has 16 heavy (non-hydrogen) atoms. The first-order chi connectivity index (χ1) is 7.59. The van der Waals surface area contributed by atoms with Gasteiger partial charge in [0.25, 0.3) is 5.91 Å². The number of rotatable bonds is 2. The summed E-state index contributed by atoms with van der Waals surface area (Å²) in [6.45, 7) is 0.527. The maximum Gasteiger partial charge on any atom is 0.310 e. The summed E-state index contributed by atoms with van der Waals surface area (Å²) >= 11 is 5.88. The van der Waals surface area contributed by atoms with Crippen LogP contribution in [0.15, 0.2) is 24.3 Å². The van der Waals surface area contributed by atoms with E-state index >= 15 is 0 Å². The third-order valence-electron chi connectivity index (χ3n) is 2.62. The van der Waals surface area contributed by atoms with E-state index < -0.39 is 11.9 Å². The number of nitrogens with zero attached hydrogens (tertiary/aromatic N) is 1. The molecule has 4 nitrogen and oxygen atoms in total. The number of likely N-dealkylation sites (tertiary alicyclic amines) is 1. The molecule has 1 N–H and O–H groups in total. The van der Waals surface area contributed by atoms with Crippen molar-refractivity contribution in [2.75, 3.05) is 13.1 Å².